The molecule has 0 aromatic heterocycles. The lowest BCUT2D eigenvalue weighted by molar-refractivity contribution is -0.474. The van der Waals surface area contributed by atoms with Crippen LogP contribution in [0.3, 0.4) is 0 Å². The Labute approximate surface area is 68.9 Å². The molecule has 0 atom stereocenters. The molecule has 6 heteroatoms. The number of nitro groups is 1. The Morgan fingerprint density at radius 3 is 2.42 bits per heavy atom. The maximum Gasteiger partial charge on any atom is 0.334 e. The second-order valence-electron chi connectivity index (χ2n) is 1.83. The van der Waals surface area contributed by atoms with E-state index in [0.29, 0.717) is 0 Å². The fraction of sp³-hybridized carbons (Fsp3) is 0.500. The normalized spacial score (nSPS) is 10.7. The number of ether oxygens (including phenoxy) is 2. The highest BCUT2D eigenvalue weighted by Gasteiger charge is 2.07. The largest absolute Gasteiger partial charge is 0.494 e. The van der Waals surface area contributed by atoms with Gasteiger partial charge in [-0.3, -0.25) is 10.1 Å². The smallest absolute Gasteiger partial charge is 0.334 e. The van der Waals surface area contributed by atoms with E-state index in [1.807, 2.05) is 0 Å². The Bertz CT molecular complexity index is 210. The van der Waals surface area contributed by atoms with Crippen LogP contribution >= 0.6 is 0 Å². The topological polar surface area (TPSA) is 78.7 Å². The number of hydrogen-bond donors (Lipinski definition) is 0. The van der Waals surface area contributed by atoms with Gasteiger partial charge in [0.25, 0.3) is 6.54 Å². The molecule has 0 aliphatic carbocycles. The summed E-state index contributed by atoms with van der Waals surface area (Å²) in [6, 6.07) is 0. The third-order valence-electron chi connectivity index (χ3n) is 1.03. The molecule has 0 saturated carbocycles. The van der Waals surface area contributed by atoms with E-state index < -0.39 is 17.4 Å². The Kier molecular flexibility index (Phi) is 4.43. The summed E-state index contributed by atoms with van der Waals surface area (Å²) < 4.78 is 8.80. The fourth-order valence-corrected chi connectivity index (χ4v) is 0.487. The van der Waals surface area contributed by atoms with Crippen LogP contribution in [-0.4, -0.2) is 31.7 Å². The first kappa shape index (κ1) is 10.4. The van der Waals surface area contributed by atoms with Gasteiger partial charge in [0.05, 0.1) is 20.3 Å². The van der Waals surface area contributed by atoms with Gasteiger partial charge in [-0.2, -0.15) is 0 Å². The van der Waals surface area contributed by atoms with Gasteiger partial charge in [-0.25, -0.2) is 4.79 Å². The van der Waals surface area contributed by atoms with E-state index in [4.69, 9.17) is 0 Å². The predicted octanol–water partition coefficient (Wildman–Crippen LogP) is -0.0336. The van der Waals surface area contributed by atoms with Crippen LogP contribution < -0.4 is 0 Å². The molecule has 0 aromatic carbocycles. The van der Waals surface area contributed by atoms with Gasteiger partial charge in [0.2, 0.25) is 0 Å². The van der Waals surface area contributed by atoms with Crippen molar-refractivity contribution < 1.29 is 19.2 Å². The third kappa shape index (κ3) is 4.26. The molecule has 0 rings (SSSR count). The summed E-state index contributed by atoms with van der Waals surface area (Å²) in [5.74, 6) is -0.708. The first-order chi connectivity index (χ1) is 5.60. The van der Waals surface area contributed by atoms with Gasteiger partial charge in [-0.15, -0.1) is 0 Å². The number of esters is 1. The number of carbonyl (C=O) groups excluding carboxylic acids is 1. The van der Waals surface area contributed by atoms with E-state index in [0.717, 1.165) is 6.08 Å². The zero-order chi connectivity index (χ0) is 9.56. The maximum absolute atomic E-state index is 10.6. The molecular weight excluding hydrogens is 166 g/mol. The van der Waals surface area contributed by atoms with Crippen LogP contribution in [0.4, 0.5) is 0 Å². The minimum atomic E-state index is -0.672. The molecular formula is C6H9NO5. The molecule has 0 heterocycles. The monoisotopic (exact) mass is 175 g/mol. The first-order valence-electron chi connectivity index (χ1n) is 3.04. The molecule has 0 saturated heterocycles. The van der Waals surface area contributed by atoms with Crippen molar-refractivity contribution in [2.45, 2.75) is 0 Å². The third-order valence-corrected chi connectivity index (χ3v) is 1.03. The molecule has 0 aromatic rings. The Balaban J connectivity index is 4.22. The van der Waals surface area contributed by atoms with Gasteiger partial charge in [0.15, 0.2) is 5.76 Å². The number of hydrogen-bond acceptors (Lipinski definition) is 5. The highest BCUT2D eigenvalue weighted by atomic mass is 16.6. The molecule has 0 unspecified atom stereocenters. The number of rotatable bonds is 4. The number of carbonyl (C=O) groups is 1. The summed E-state index contributed by atoms with van der Waals surface area (Å²) in [5.41, 5.74) is 0. The van der Waals surface area contributed by atoms with Gasteiger partial charge in [0, 0.05) is 4.92 Å². The van der Waals surface area contributed by atoms with E-state index in [2.05, 4.69) is 9.47 Å². The van der Waals surface area contributed by atoms with Crippen molar-refractivity contribution in [2.24, 2.45) is 0 Å². The first-order valence-corrected chi connectivity index (χ1v) is 3.04. The van der Waals surface area contributed by atoms with Crippen molar-refractivity contribution in [3.8, 4) is 0 Å². The van der Waals surface area contributed by atoms with Crippen molar-refractivity contribution in [3.05, 3.63) is 21.9 Å². The quantitative estimate of drug-likeness (QED) is 0.197. The Morgan fingerprint density at radius 1 is 1.50 bits per heavy atom. The highest BCUT2D eigenvalue weighted by molar-refractivity contribution is 5.82. The SMILES string of the molecule is COC(=O)/C=C(\C[N+](=O)[O-])OC. The molecule has 0 aliphatic rings. The number of methoxy groups -OCH3 is 2. The van der Waals surface area contributed by atoms with E-state index >= 15 is 0 Å². The van der Waals surface area contributed by atoms with Crippen LogP contribution in [0, 0.1) is 10.1 Å². The molecule has 0 N–H and O–H groups in total. The van der Waals surface area contributed by atoms with Crippen LogP contribution in [-0.2, 0) is 14.3 Å². The van der Waals surface area contributed by atoms with Crippen molar-refractivity contribution in [1.29, 1.82) is 0 Å². The summed E-state index contributed by atoms with van der Waals surface area (Å²) >= 11 is 0. The van der Waals surface area contributed by atoms with Gasteiger partial charge >= 0.3 is 5.97 Å². The summed E-state index contributed by atoms with van der Waals surface area (Å²) in [6.07, 6.45) is 0.933. The van der Waals surface area contributed by atoms with Crippen molar-refractivity contribution in [2.75, 3.05) is 20.8 Å². The lowest BCUT2D eigenvalue weighted by atomic mass is 10.4. The maximum atomic E-state index is 10.6. The van der Waals surface area contributed by atoms with Crippen molar-refractivity contribution in [3.63, 3.8) is 0 Å². The molecule has 0 spiro atoms. The summed E-state index contributed by atoms with van der Waals surface area (Å²) in [5, 5.41) is 9.97. The molecule has 0 bridgehead atoms. The van der Waals surface area contributed by atoms with E-state index in [9.17, 15) is 14.9 Å². The van der Waals surface area contributed by atoms with Gasteiger partial charge in [0.1, 0.15) is 0 Å². The molecule has 0 radical (unpaired) electrons. The standard InChI is InChI=1S/C6H9NO5/c1-11-5(4-7(9)10)3-6(8)12-2/h3H,4H2,1-2H3/b5-3+. The van der Waals surface area contributed by atoms with E-state index in [1.165, 1.54) is 14.2 Å². The molecule has 0 amide bonds. The Morgan fingerprint density at radius 2 is 2.08 bits per heavy atom. The van der Waals surface area contributed by atoms with Gasteiger partial charge in [-0.1, -0.05) is 0 Å². The highest BCUT2D eigenvalue weighted by Crippen LogP contribution is 1.95. The fourth-order valence-electron chi connectivity index (χ4n) is 0.487. The predicted molar refractivity (Wildman–Crippen MR) is 39.0 cm³/mol. The molecule has 68 valence electrons. The summed E-state index contributed by atoms with van der Waals surface area (Å²) in [4.78, 5) is 19.9. The number of nitrogens with zero attached hydrogens (tertiary/aromatic N) is 1. The molecule has 0 aliphatic heterocycles. The molecule has 0 fully saturated rings. The van der Waals surface area contributed by atoms with Crippen LogP contribution in [0.15, 0.2) is 11.8 Å². The average Bonchev–Trinajstić information content (AvgIpc) is 2.02. The van der Waals surface area contributed by atoms with Gasteiger partial charge < -0.3 is 9.47 Å². The summed E-state index contributed by atoms with van der Waals surface area (Å²) in [7, 11) is 2.43. The van der Waals surface area contributed by atoms with Gasteiger partial charge in [-0.05, 0) is 0 Å². The van der Waals surface area contributed by atoms with Crippen LogP contribution in [0.2, 0.25) is 0 Å². The second-order valence-corrected chi connectivity index (χ2v) is 1.83. The van der Waals surface area contributed by atoms with E-state index in [-0.39, 0.29) is 5.76 Å². The van der Waals surface area contributed by atoms with Crippen molar-refractivity contribution >= 4 is 5.97 Å². The lowest BCUT2D eigenvalue weighted by Crippen LogP contribution is -2.08. The van der Waals surface area contributed by atoms with Crippen LogP contribution in [0.1, 0.15) is 0 Å². The molecule has 6 nitrogen and oxygen atoms in total. The zero-order valence-corrected chi connectivity index (χ0v) is 6.77. The van der Waals surface area contributed by atoms with Crippen molar-refractivity contribution in [1.82, 2.24) is 0 Å². The minimum Gasteiger partial charge on any atom is -0.494 e. The van der Waals surface area contributed by atoms with E-state index in [1.54, 1.807) is 0 Å². The van der Waals surface area contributed by atoms with Crippen LogP contribution in [0.5, 0.6) is 0 Å². The van der Waals surface area contributed by atoms with Crippen LogP contribution in [0.25, 0.3) is 0 Å². The minimum absolute atomic E-state index is 0.0353. The second kappa shape index (κ2) is 5.11. The lowest BCUT2D eigenvalue weighted by Gasteiger charge is -1.99. The zero-order valence-electron chi connectivity index (χ0n) is 6.77. The average molecular weight is 175 g/mol. The molecule has 12 heavy (non-hydrogen) atoms. The Hall–Kier alpha value is -1.59. The summed E-state index contributed by atoms with van der Waals surface area (Å²) in [6.45, 7) is -0.522.